The Hall–Kier alpha value is -2.86. The first-order valence-corrected chi connectivity index (χ1v) is 10.5. The van der Waals surface area contributed by atoms with E-state index in [4.69, 9.17) is 0 Å². The lowest BCUT2D eigenvalue weighted by atomic mass is 10.1. The van der Waals surface area contributed by atoms with Crippen LogP contribution in [0.4, 0.5) is 5.69 Å². The predicted molar refractivity (Wildman–Crippen MR) is 120 cm³/mol. The van der Waals surface area contributed by atoms with E-state index in [1.54, 1.807) is 23.0 Å². The van der Waals surface area contributed by atoms with Crippen LogP contribution in [0.15, 0.2) is 77.5 Å². The molecular weight excluding hydrogens is 428 g/mol. The van der Waals surface area contributed by atoms with Crippen LogP contribution in [0.5, 0.6) is 0 Å². The van der Waals surface area contributed by atoms with E-state index in [9.17, 15) is 4.79 Å². The molecule has 1 unspecified atom stereocenters. The van der Waals surface area contributed by atoms with E-state index in [1.807, 2.05) is 42.6 Å². The monoisotopic (exact) mass is 450 g/mol. The molecule has 2 aromatic carbocycles. The summed E-state index contributed by atoms with van der Waals surface area (Å²) in [5.41, 5.74) is 3.11. The van der Waals surface area contributed by atoms with Crippen molar-refractivity contribution in [2.75, 3.05) is 24.5 Å². The summed E-state index contributed by atoms with van der Waals surface area (Å²) in [6.07, 6.45) is 8.12. The molecule has 1 aliphatic heterocycles. The maximum Gasteiger partial charge on any atom is 0.244 e. The Labute approximate surface area is 179 Å². The van der Waals surface area contributed by atoms with Crippen molar-refractivity contribution in [1.82, 2.24) is 15.1 Å². The molecule has 0 spiro atoms. The smallest absolute Gasteiger partial charge is 0.244 e. The maximum atomic E-state index is 12.2. The first-order valence-electron chi connectivity index (χ1n) is 9.74. The lowest BCUT2D eigenvalue weighted by Crippen LogP contribution is -2.29. The Kier molecular flexibility index (Phi) is 6.10. The van der Waals surface area contributed by atoms with Gasteiger partial charge in [0.1, 0.15) is 0 Å². The summed E-state index contributed by atoms with van der Waals surface area (Å²) >= 11 is 3.53. The number of rotatable bonds is 6. The molecule has 0 aliphatic carbocycles. The van der Waals surface area contributed by atoms with E-state index in [2.05, 4.69) is 49.4 Å². The molecule has 1 fully saturated rings. The molecule has 0 saturated carbocycles. The second kappa shape index (κ2) is 9.09. The van der Waals surface area contributed by atoms with Gasteiger partial charge in [-0.2, -0.15) is 5.10 Å². The number of para-hydroxylation sites is 1. The van der Waals surface area contributed by atoms with Crippen LogP contribution < -0.4 is 10.2 Å². The highest BCUT2D eigenvalue weighted by molar-refractivity contribution is 9.10. The van der Waals surface area contributed by atoms with Crippen molar-refractivity contribution >= 4 is 33.6 Å². The average Bonchev–Trinajstić information content (AvgIpc) is 3.41. The molecule has 29 heavy (non-hydrogen) atoms. The topological polar surface area (TPSA) is 50.2 Å². The molecule has 1 amide bonds. The highest BCUT2D eigenvalue weighted by Gasteiger charge is 2.22. The molecule has 2 heterocycles. The van der Waals surface area contributed by atoms with E-state index in [-0.39, 0.29) is 5.91 Å². The molecule has 1 aliphatic rings. The predicted octanol–water partition coefficient (Wildman–Crippen LogP) is 4.29. The van der Waals surface area contributed by atoms with Gasteiger partial charge in [-0.05, 0) is 48.7 Å². The number of benzene rings is 2. The van der Waals surface area contributed by atoms with Crippen LogP contribution >= 0.6 is 15.9 Å². The first-order chi connectivity index (χ1) is 14.2. The number of halogens is 1. The number of carbonyl (C=O) groups excluding carboxylic acids is 1. The molecule has 148 valence electrons. The quantitative estimate of drug-likeness (QED) is 0.569. The van der Waals surface area contributed by atoms with E-state index in [0.29, 0.717) is 12.5 Å². The summed E-state index contributed by atoms with van der Waals surface area (Å²) in [7, 11) is 0. The van der Waals surface area contributed by atoms with Crippen molar-refractivity contribution in [2.24, 2.45) is 5.92 Å². The zero-order valence-electron chi connectivity index (χ0n) is 16.0. The van der Waals surface area contributed by atoms with Gasteiger partial charge in [0, 0.05) is 47.6 Å². The number of amides is 1. The Morgan fingerprint density at radius 3 is 2.83 bits per heavy atom. The number of hydrogen-bond donors (Lipinski definition) is 1. The minimum atomic E-state index is -0.0710. The molecule has 5 nitrogen and oxygen atoms in total. The van der Waals surface area contributed by atoms with Crippen molar-refractivity contribution in [3.63, 3.8) is 0 Å². The minimum absolute atomic E-state index is 0.0710. The van der Waals surface area contributed by atoms with E-state index >= 15 is 0 Å². The van der Waals surface area contributed by atoms with Crippen LogP contribution in [0, 0.1) is 5.92 Å². The van der Waals surface area contributed by atoms with E-state index in [0.717, 1.165) is 35.2 Å². The van der Waals surface area contributed by atoms with Crippen molar-refractivity contribution in [1.29, 1.82) is 0 Å². The van der Waals surface area contributed by atoms with Crippen molar-refractivity contribution in [2.45, 2.75) is 6.42 Å². The summed E-state index contributed by atoms with van der Waals surface area (Å²) in [6, 6.07) is 18.3. The van der Waals surface area contributed by atoms with Crippen LogP contribution in [0.2, 0.25) is 0 Å². The Morgan fingerprint density at radius 1 is 1.17 bits per heavy atom. The largest absolute Gasteiger partial charge is 0.371 e. The summed E-state index contributed by atoms with van der Waals surface area (Å²) in [4.78, 5) is 14.6. The third-order valence-corrected chi connectivity index (χ3v) is 5.57. The van der Waals surface area contributed by atoms with E-state index < -0.39 is 0 Å². The number of nitrogens with one attached hydrogen (secondary N) is 1. The van der Waals surface area contributed by atoms with Crippen LogP contribution in [0.3, 0.4) is 0 Å². The van der Waals surface area contributed by atoms with Gasteiger partial charge in [0.05, 0.1) is 11.9 Å². The second-order valence-corrected chi connectivity index (χ2v) is 8.13. The lowest BCUT2D eigenvalue weighted by molar-refractivity contribution is -0.116. The Morgan fingerprint density at radius 2 is 2.00 bits per heavy atom. The van der Waals surface area contributed by atoms with Gasteiger partial charge in [-0.1, -0.05) is 40.2 Å². The van der Waals surface area contributed by atoms with Gasteiger partial charge in [-0.3, -0.25) is 4.79 Å². The lowest BCUT2D eigenvalue weighted by Gasteiger charge is -2.19. The van der Waals surface area contributed by atoms with Gasteiger partial charge in [-0.15, -0.1) is 0 Å². The third kappa shape index (κ3) is 5.15. The molecule has 0 bridgehead atoms. The van der Waals surface area contributed by atoms with Crippen LogP contribution in [-0.2, 0) is 4.79 Å². The normalized spacial score (nSPS) is 16.4. The molecule has 1 atom stereocenters. The van der Waals surface area contributed by atoms with Crippen molar-refractivity contribution < 1.29 is 4.79 Å². The first kappa shape index (κ1) is 19.5. The van der Waals surface area contributed by atoms with Crippen molar-refractivity contribution in [3.05, 3.63) is 83.1 Å². The molecule has 0 radical (unpaired) electrons. The van der Waals surface area contributed by atoms with Crippen LogP contribution in [0.25, 0.3) is 11.8 Å². The summed E-state index contributed by atoms with van der Waals surface area (Å²) < 4.78 is 2.89. The average molecular weight is 451 g/mol. The van der Waals surface area contributed by atoms with Crippen LogP contribution in [0.1, 0.15) is 12.0 Å². The number of nitrogens with zero attached hydrogens (tertiary/aromatic N) is 3. The van der Waals surface area contributed by atoms with Gasteiger partial charge >= 0.3 is 0 Å². The number of carbonyl (C=O) groups is 1. The number of hydrogen-bond acceptors (Lipinski definition) is 3. The molecule has 1 saturated heterocycles. The molecule has 1 N–H and O–H groups in total. The highest BCUT2D eigenvalue weighted by Crippen LogP contribution is 2.25. The second-order valence-electron chi connectivity index (χ2n) is 7.21. The fourth-order valence-corrected chi connectivity index (χ4v) is 3.91. The zero-order chi connectivity index (χ0) is 20.1. The van der Waals surface area contributed by atoms with Crippen LogP contribution in [-0.4, -0.2) is 35.3 Å². The van der Waals surface area contributed by atoms with Gasteiger partial charge < -0.3 is 10.2 Å². The Bertz CT molecular complexity index is 999. The number of anilines is 1. The summed E-state index contributed by atoms with van der Waals surface area (Å²) in [6.45, 7) is 2.67. The highest BCUT2D eigenvalue weighted by atomic mass is 79.9. The molecule has 6 heteroatoms. The van der Waals surface area contributed by atoms with Gasteiger partial charge in [0.2, 0.25) is 5.91 Å². The standard InChI is InChI=1S/C23H23BrN4O/c24-20-5-4-8-22(13-20)27-12-11-19(16-27)14-25-23(29)10-9-18-15-26-28(17-18)21-6-2-1-3-7-21/h1-10,13,15,17,19H,11-12,14,16H2,(H,25,29)/b10-9+. The maximum absolute atomic E-state index is 12.2. The molecule has 3 aromatic rings. The molecule has 1 aromatic heterocycles. The fraction of sp³-hybridized carbons (Fsp3) is 0.217. The Balaban J connectivity index is 1.26. The van der Waals surface area contributed by atoms with E-state index in [1.165, 1.54) is 5.69 Å². The number of aromatic nitrogens is 2. The fourth-order valence-electron chi connectivity index (χ4n) is 3.53. The summed E-state index contributed by atoms with van der Waals surface area (Å²) in [5, 5.41) is 7.37. The van der Waals surface area contributed by atoms with Crippen molar-refractivity contribution in [3.8, 4) is 5.69 Å². The van der Waals surface area contributed by atoms with Gasteiger partial charge in [0.25, 0.3) is 0 Å². The zero-order valence-corrected chi connectivity index (χ0v) is 17.6. The SMILES string of the molecule is O=C(/C=C/c1cnn(-c2ccccc2)c1)NCC1CCN(c2cccc(Br)c2)C1. The summed E-state index contributed by atoms with van der Waals surface area (Å²) in [5.74, 6) is 0.394. The minimum Gasteiger partial charge on any atom is -0.371 e. The van der Waals surface area contributed by atoms with Gasteiger partial charge in [0.15, 0.2) is 0 Å². The van der Waals surface area contributed by atoms with Gasteiger partial charge in [-0.25, -0.2) is 4.68 Å². The third-order valence-electron chi connectivity index (χ3n) is 5.07. The molecule has 4 rings (SSSR count). The molecular formula is C23H23BrN4O.